The predicted molar refractivity (Wildman–Crippen MR) is 308 cm³/mol. The third-order valence-corrected chi connectivity index (χ3v) is 12.0. The lowest BCUT2D eigenvalue weighted by atomic mass is 10.1. The number of rotatable bonds is 14. The molecule has 0 unspecified atom stereocenters. The summed E-state index contributed by atoms with van der Waals surface area (Å²) in [5, 5.41) is 25.9. The van der Waals surface area contributed by atoms with E-state index in [1.54, 1.807) is 92.7 Å². The van der Waals surface area contributed by atoms with Gasteiger partial charge in [-0.3, -0.25) is 9.59 Å². The summed E-state index contributed by atoms with van der Waals surface area (Å²) in [5.74, 6) is -1.81. The van der Waals surface area contributed by atoms with Gasteiger partial charge in [-0.05, 0) is 77.9 Å². The fourth-order valence-electron chi connectivity index (χ4n) is 6.38. The number of allylic oxidation sites excluding steroid dienone is 3. The number of esters is 4. The zero-order chi connectivity index (χ0) is 57.7. The number of aliphatic hydroxyl groups is 1. The van der Waals surface area contributed by atoms with Crippen molar-refractivity contribution >= 4 is 67.0 Å². The summed E-state index contributed by atoms with van der Waals surface area (Å²) < 4.78 is 45.2. The highest BCUT2D eigenvalue weighted by Crippen LogP contribution is 2.30. The van der Waals surface area contributed by atoms with Crippen LogP contribution in [0.1, 0.15) is 68.0 Å². The van der Waals surface area contributed by atoms with Crippen molar-refractivity contribution in [2.24, 2.45) is 0 Å². The zero-order valence-corrected chi connectivity index (χ0v) is 45.2. The van der Waals surface area contributed by atoms with E-state index in [4.69, 9.17) is 29.8 Å². The Kier molecular flexibility index (Phi) is 28.7. The quantitative estimate of drug-likeness (QED) is 0.0269. The van der Waals surface area contributed by atoms with E-state index in [0.29, 0.717) is 26.5 Å². The number of nitriles is 2. The Balaban J connectivity index is 0.000000266. The molecular formula is C65H60N2O11S. The van der Waals surface area contributed by atoms with Crippen LogP contribution in [0.25, 0.3) is 33.3 Å². The Morgan fingerprint density at radius 3 is 1.29 bits per heavy atom. The van der Waals surface area contributed by atoms with Crippen LogP contribution >= 0.6 is 0 Å². The zero-order valence-electron chi connectivity index (χ0n) is 44.3. The van der Waals surface area contributed by atoms with Gasteiger partial charge in [0.25, 0.3) is 0 Å². The maximum absolute atomic E-state index is 13.1. The molecule has 7 rings (SSSR count). The lowest BCUT2D eigenvalue weighted by Gasteiger charge is -2.10. The molecule has 0 aliphatic rings. The van der Waals surface area contributed by atoms with Crippen LogP contribution in [0.5, 0.6) is 0 Å². The van der Waals surface area contributed by atoms with Crippen LogP contribution in [-0.4, -0.2) is 50.6 Å². The molecule has 0 atom stereocenters. The average Bonchev–Trinajstić information content (AvgIpc) is 3.50. The lowest BCUT2D eigenvalue weighted by Crippen LogP contribution is -2.10. The summed E-state index contributed by atoms with van der Waals surface area (Å²) in [4.78, 5) is 44.8. The molecule has 0 bridgehead atoms. The van der Waals surface area contributed by atoms with Crippen LogP contribution in [0.3, 0.4) is 0 Å². The van der Waals surface area contributed by atoms with Gasteiger partial charge in [0.15, 0.2) is 0 Å². The summed E-state index contributed by atoms with van der Waals surface area (Å²) in [7, 11) is -3.59. The van der Waals surface area contributed by atoms with E-state index in [0.717, 1.165) is 46.4 Å². The Labute approximate surface area is 462 Å². The van der Waals surface area contributed by atoms with Crippen LogP contribution in [0.4, 0.5) is 0 Å². The highest BCUT2D eigenvalue weighted by molar-refractivity contribution is 8.00. The molecule has 402 valence electrons. The molecule has 0 amide bonds. The number of aliphatic hydroxyl groups excluding tert-OH is 1. The van der Waals surface area contributed by atoms with Crippen LogP contribution < -0.4 is 0 Å². The minimum atomic E-state index is -3.59. The monoisotopic (exact) mass is 1080 g/mol. The molecule has 0 aromatic heterocycles. The second-order valence-corrected chi connectivity index (χ2v) is 17.8. The van der Waals surface area contributed by atoms with Gasteiger partial charge in [-0.1, -0.05) is 200 Å². The normalized spacial score (nSPS) is 11.2. The first kappa shape index (κ1) is 63.1. The van der Waals surface area contributed by atoms with E-state index >= 15 is 0 Å². The minimum Gasteiger partial charge on any atom is -0.514 e. The van der Waals surface area contributed by atoms with Gasteiger partial charge < -0.3 is 24.1 Å². The van der Waals surface area contributed by atoms with Crippen LogP contribution in [-0.2, 0) is 48.0 Å². The number of nitrogens with zero attached hydrogens (tertiary/aromatic N) is 2. The summed E-state index contributed by atoms with van der Waals surface area (Å²) in [6.07, 6.45) is 6.33. The van der Waals surface area contributed by atoms with Gasteiger partial charge in [-0.15, -0.1) is 0 Å². The molecule has 0 fully saturated rings. The molecule has 0 aliphatic heterocycles. The van der Waals surface area contributed by atoms with Gasteiger partial charge in [-0.2, -0.15) is 10.5 Å². The van der Waals surface area contributed by atoms with Crippen molar-refractivity contribution in [1.82, 2.24) is 0 Å². The van der Waals surface area contributed by atoms with Crippen molar-refractivity contribution < 1.29 is 51.6 Å². The van der Waals surface area contributed by atoms with Crippen molar-refractivity contribution in [1.29, 1.82) is 10.5 Å². The number of sulfone groups is 1. The molecule has 79 heavy (non-hydrogen) atoms. The van der Waals surface area contributed by atoms with Gasteiger partial charge in [0.2, 0.25) is 9.84 Å². The van der Waals surface area contributed by atoms with Crippen molar-refractivity contribution in [2.75, 3.05) is 13.2 Å². The maximum atomic E-state index is 13.1. The van der Waals surface area contributed by atoms with Crippen molar-refractivity contribution in [3.63, 3.8) is 0 Å². The van der Waals surface area contributed by atoms with Crippen LogP contribution in [0.2, 0.25) is 0 Å². The van der Waals surface area contributed by atoms with Gasteiger partial charge in [-0.25, -0.2) is 18.0 Å². The lowest BCUT2D eigenvalue weighted by molar-refractivity contribution is -0.139. The number of carbonyl (C=O) groups excluding carboxylic acids is 4. The summed E-state index contributed by atoms with van der Waals surface area (Å²) in [6.45, 7) is 8.51. The van der Waals surface area contributed by atoms with E-state index in [1.165, 1.54) is 20.1 Å². The fraction of sp³-hybridized carbons (Fsp3) is 0.108. The van der Waals surface area contributed by atoms with E-state index in [1.807, 2.05) is 159 Å². The van der Waals surface area contributed by atoms with Crippen molar-refractivity contribution in [3.8, 4) is 12.1 Å². The number of hydrogen-bond acceptors (Lipinski definition) is 13. The molecule has 7 aromatic rings. The molecule has 0 radical (unpaired) electrons. The first-order valence-corrected chi connectivity index (χ1v) is 25.9. The molecular weight excluding hydrogens is 1020 g/mol. The largest absolute Gasteiger partial charge is 0.514 e. The van der Waals surface area contributed by atoms with E-state index in [2.05, 4.69) is 4.74 Å². The SMILES string of the molecule is CC(=O)O/C=C(/C)c1ccccc1.CC(=O)O/C=C(\C#N)c1ccccc1.CCOC(=O)/C=C(\C(=O)OCC)c1ccccc1.N#C/C(=C\O)c1ccccc1.O=S(=O)(/C(=C/c1ccccc1)c1ccccc1)c1ccccc1. The van der Waals surface area contributed by atoms with Crippen molar-refractivity contribution in [3.05, 3.63) is 271 Å². The smallest absolute Gasteiger partial charge is 0.338 e. The highest BCUT2D eigenvalue weighted by atomic mass is 32.2. The topological polar surface area (TPSA) is 207 Å². The Hall–Kier alpha value is -10.2. The Bertz CT molecular complexity index is 3350. The number of carbonyl (C=O) groups is 4. The van der Waals surface area contributed by atoms with Gasteiger partial charge in [0.05, 0.1) is 52.3 Å². The third kappa shape index (κ3) is 23.5. The Morgan fingerprint density at radius 1 is 0.494 bits per heavy atom. The summed E-state index contributed by atoms with van der Waals surface area (Å²) in [5.41, 5.74) is 6.45. The maximum Gasteiger partial charge on any atom is 0.338 e. The van der Waals surface area contributed by atoms with Gasteiger partial charge in [0, 0.05) is 19.9 Å². The van der Waals surface area contributed by atoms with Crippen LogP contribution in [0, 0.1) is 22.7 Å². The molecule has 0 aliphatic carbocycles. The second-order valence-electron chi connectivity index (χ2n) is 15.9. The number of hydrogen-bond donors (Lipinski definition) is 1. The first-order chi connectivity index (χ1) is 38.2. The molecule has 0 saturated carbocycles. The predicted octanol–water partition coefficient (Wildman–Crippen LogP) is 13.7. The fourth-order valence-corrected chi connectivity index (χ4v) is 7.89. The van der Waals surface area contributed by atoms with E-state index in [9.17, 15) is 27.6 Å². The third-order valence-electron chi connectivity index (χ3n) is 10.1. The van der Waals surface area contributed by atoms with Gasteiger partial charge >= 0.3 is 23.9 Å². The Morgan fingerprint density at radius 2 is 0.873 bits per heavy atom. The molecule has 0 spiro atoms. The molecule has 13 nitrogen and oxygen atoms in total. The summed E-state index contributed by atoms with van der Waals surface area (Å²) in [6, 6.07) is 67.7. The summed E-state index contributed by atoms with van der Waals surface area (Å²) >= 11 is 0. The van der Waals surface area contributed by atoms with Crippen LogP contribution in [0.15, 0.2) is 242 Å². The molecule has 7 aromatic carbocycles. The molecule has 1 N–H and O–H groups in total. The highest BCUT2D eigenvalue weighted by Gasteiger charge is 2.22. The van der Waals surface area contributed by atoms with Gasteiger partial charge in [0.1, 0.15) is 18.4 Å². The van der Waals surface area contributed by atoms with E-state index < -0.39 is 27.7 Å². The van der Waals surface area contributed by atoms with Crippen molar-refractivity contribution in [2.45, 2.75) is 39.5 Å². The average molecular weight is 1080 g/mol. The second kappa shape index (κ2) is 35.9. The number of benzene rings is 7. The minimum absolute atomic E-state index is 0.205. The molecule has 0 heterocycles. The molecule has 0 saturated heterocycles. The van der Waals surface area contributed by atoms with E-state index in [-0.39, 0.29) is 30.3 Å². The standard InChI is InChI=1S/C20H16O2S.C14H16O4.C11H9NO2.C11H12O2.C9H7NO/c21-23(22,19-14-8-3-9-15-19)20(18-12-6-2-7-13-18)16-17-10-4-1-5-11-17;1-3-17-13(15)10-12(14(16)18-4-2)11-8-6-5-7-9-11;1-9(13)14-8-11(7-12)10-5-3-2-4-6-10;1-9(8-13-10(2)12)11-6-4-3-5-7-11;10-6-9(7-11)8-4-2-1-3-5-8/h1-16H;5-10H,3-4H2,1-2H3;2-6,8H,1H3;3-8H,1-2H3;1-5,7,11H/b20-16+;12-10-;11-8+;9-8-;9-7+. The first-order valence-electron chi connectivity index (χ1n) is 24.4. The molecule has 14 heteroatoms. The number of ether oxygens (including phenoxy) is 4.